The Bertz CT molecular complexity index is 334. The van der Waals surface area contributed by atoms with Crippen molar-refractivity contribution in [2.75, 3.05) is 32.2 Å². The van der Waals surface area contributed by atoms with Crippen molar-refractivity contribution < 1.29 is 34.3 Å². The van der Waals surface area contributed by atoms with Crippen LogP contribution in [0.5, 0.6) is 0 Å². The molecule has 130 valence electrons. The second-order valence-electron chi connectivity index (χ2n) is 4.99. The third-order valence-corrected chi connectivity index (χ3v) is 3.36. The van der Waals surface area contributed by atoms with Gasteiger partial charge in [0.05, 0.1) is 19.3 Å². The lowest BCUT2D eigenvalue weighted by Gasteiger charge is -2.36. The maximum absolute atomic E-state index is 12.1. The van der Waals surface area contributed by atoms with Crippen molar-refractivity contribution in [3.05, 3.63) is 0 Å². The predicted octanol–water partition coefficient (Wildman–Crippen LogP) is -0.432. The number of ether oxygens (including phenoxy) is 3. The van der Waals surface area contributed by atoms with E-state index in [1.54, 1.807) is 0 Å². The van der Waals surface area contributed by atoms with Crippen LogP contribution in [0.3, 0.4) is 0 Å². The normalized spacial score (nSPS) is 28.4. The second kappa shape index (κ2) is 10.2. The molecule has 22 heavy (non-hydrogen) atoms. The molecule has 0 bridgehead atoms. The molecule has 1 aliphatic heterocycles. The predicted molar refractivity (Wildman–Crippen MR) is 80.5 cm³/mol. The van der Waals surface area contributed by atoms with E-state index in [0.29, 0.717) is 18.9 Å². The Morgan fingerprint density at radius 1 is 1.45 bits per heavy atom. The first kappa shape index (κ1) is 19.5. The Hall–Kier alpha value is -0.580. The van der Waals surface area contributed by atoms with E-state index in [1.165, 1.54) is 4.90 Å². The van der Waals surface area contributed by atoms with Crippen LogP contribution in [0.2, 0.25) is 0 Å². The van der Waals surface area contributed by atoms with Crippen LogP contribution < -0.4 is 0 Å². The summed E-state index contributed by atoms with van der Waals surface area (Å²) < 4.78 is 15.7. The number of carbonyl (C=O) groups excluding carboxylic acids is 1. The molecule has 0 saturated carbocycles. The number of aliphatic hydroxyl groups is 3. The molecular weight excluding hydrogens is 314 g/mol. The highest BCUT2D eigenvalue weighted by Gasteiger charge is 2.38. The third-order valence-electron chi connectivity index (χ3n) is 3.18. The molecule has 8 nitrogen and oxygen atoms in total. The Morgan fingerprint density at radius 2 is 2.18 bits per heavy atom. The molecule has 1 amide bonds. The summed E-state index contributed by atoms with van der Waals surface area (Å²) in [5.74, 6) is 0.545. The van der Waals surface area contributed by atoms with Crippen molar-refractivity contribution in [1.29, 1.82) is 0 Å². The van der Waals surface area contributed by atoms with Gasteiger partial charge in [0.25, 0.3) is 0 Å². The van der Waals surface area contributed by atoms with Crippen molar-refractivity contribution in [3.8, 4) is 0 Å². The molecule has 1 aliphatic rings. The highest BCUT2D eigenvalue weighted by Crippen LogP contribution is 2.21. The third kappa shape index (κ3) is 5.90. The van der Waals surface area contributed by atoms with Gasteiger partial charge in [-0.2, -0.15) is 12.6 Å². The van der Waals surface area contributed by atoms with E-state index < -0.39 is 37.3 Å². The van der Waals surface area contributed by atoms with Crippen LogP contribution in [0.25, 0.3) is 0 Å². The van der Waals surface area contributed by atoms with Gasteiger partial charge in [0.2, 0.25) is 6.29 Å². The zero-order valence-corrected chi connectivity index (χ0v) is 13.5. The highest BCUT2D eigenvalue weighted by molar-refractivity contribution is 7.80. The van der Waals surface area contributed by atoms with E-state index in [1.807, 2.05) is 6.92 Å². The van der Waals surface area contributed by atoms with E-state index in [4.69, 9.17) is 19.3 Å². The SMILES string of the molecule is CCCN(COCCS)C(=O)O[C@H]1C[C@@H](O)[C@@H](O)[C@@H](CO)O1. The van der Waals surface area contributed by atoms with Crippen molar-refractivity contribution in [3.63, 3.8) is 0 Å². The van der Waals surface area contributed by atoms with Gasteiger partial charge >= 0.3 is 6.09 Å². The van der Waals surface area contributed by atoms with Crippen molar-refractivity contribution in [2.24, 2.45) is 0 Å². The van der Waals surface area contributed by atoms with E-state index in [-0.39, 0.29) is 13.2 Å². The fourth-order valence-corrected chi connectivity index (χ4v) is 2.18. The van der Waals surface area contributed by atoms with Crippen molar-refractivity contribution in [1.82, 2.24) is 4.90 Å². The summed E-state index contributed by atoms with van der Waals surface area (Å²) in [6, 6.07) is 0. The molecule has 9 heteroatoms. The number of rotatable bonds is 8. The molecule has 1 saturated heterocycles. The topological polar surface area (TPSA) is 109 Å². The van der Waals surface area contributed by atoms with Gasteiger partial charge in [-0.3, -0.25) is 4.90 Å². The summed E-state index contributed by atoms with van der Waals surface area (Å²) >= 11 is 4.02. The molecule has 1 fully saturated rings. The minimum atomic E-state index is -1.20. The Labute approximate surface area is 135 Å². The van der Waals surface area contributed by atoms with Crippen LogP contribution in [0.15, 0.2) is 0 Å². The monoisotopic (exact) mass is 339 g/mol. The lowest BCUT2D eigenvalue weighted by Crippen LogP contribution is -2.51. The average molecular weight is 339 g/mol. The zero-order chi connectivity index (χ0) is 16.5. The first-order valence-corrected chi connectivity index (χ1v) is 7.93. The number of amides is 1. The number of carbonyl (C=O) groups is 1. The number of nitrogens with zero attached hydrogens (tertiary/aromatic N) is 1. The number of thiol groups is 1. The van der Waals surface area contributed by atoms with Crippen LogP contribution in [0, 0.1) is 0 Å². The summed E-state index contributed by atoms with van der Waals surface area (Å²) in [4.78, 5) is 13.5. The Morgan fingerprint density at radius 3 is 2.77 bits per heavy atom. The quantitative estimate of drug-likeness (QED) is 0.270. The van der Waals surface area contributed by atoms with Crippen LogP contribution in [0.1, 0.15) is 19.8 Å². The Kier molecular flexibility index (Phi) is 9.06. The molecule has 1 heterocycles. The maximum atomic E-state index is 12.1. The molecule has 0 aromatic rings. The molecule has 0 unspecified atom stereocenters. The van der Waals surface area contributed by atoms with Gasteiger partial charge in [-0.05, 0) is 6.42 Å². The molecule has 4 atom stereocenters. The average Bonchev–Trinajstić information content (AvgIpc) is 2.49. The van der Waals surface area contributed by atoms with Gasteiger partial charge in [0, 0.05) is 18.7 Å². The molecule has 0 aliphatic carbocycles. The van der Waals surface area contributed by atoms with Crippen LogP contribution >= 0.6 is 12.6 Å². The first-order valence-electron chi connectivity index (χ1n) is 7.30. The van der Waals surface area contributed by atoms with E-state index >= 15 is 0 Å². The maximum Gasteiger partial charge on any atom is 0.413 e. The summed E-state index contributed by atoms with van der Waals surface area (Å²) in [5, 5.41) is 28.4. The van der Waals surface area contributed by atoms with E-state index in [0.717, 1.165) is 6.42 Å². The first-order chi connectivity index (χ1) is 10.5. The van der Waals surface area contributed by atoms with Gasteiger partial charge in [-0.15, -0.1) is 0 Å². The van der Waals surface area contributed by atoms with Gasteiger partial charge in [0.15, 0.2) is 0 Å². The number of aliphatic hydroxyl groups excluding tert-OH is 3. The Balaban J connectivity index is 2.52. The van der Waals surface area contributed by atoms with Gasteiger partial charge in [-0.1, -0.05) is 6.92 Å². The minimum Gasteiger partial charge on any atom is -0.419 e. The number of hydrogen-bond acceptors (Lipinski definition) is 8. The highest BCUT2D eigenvalue weighted by atomic mass is 32.1. The summed E-state index contributed by atoms with van der Waals surface area (Å²) in [7, 11) is 0. The molecule has 1 rings (SSSR count). The fraction of sp³-hybridized carbons (Fsp3) is 0.923. The van der Waals surface area contributed by atoms with Crippen molar-refractivity contribution >= 4 is 18.7 Å². The molecule has 3 N–H and O–H groups in total. The van der Waals surface area contributed by atoms with Gasteiger partial charge in [0.1, 0.15) is 18.9 Å². The van der Waals surface area contributed by atoms with Crippen molar-refractivity contribution in [2.45, 2.75) is 44.4 Å². The van der Waals surface area contributed by atoms with Crippen LogP contribution in [-0.4, -0.2) is 83.2 Å². The summed E-state index contributed by atoms with van der Waals surface area (Å²) in [5.41, 5.74) is 0. The zero-order valence-electron chi connectivity index (χ0n) is 12.6. The second-order valence-corrected chi connectivity index (χ2v) is 5.44. The molecular formula is C13H25NO7S. The largest absolute Gasteiger partial charge is 0.419 e. The lowest BCUT2D eigenvalue weighted by atomic mass is 10.0. The van der Waals surface area contributed by atoms with E-state index in [2.05, 4.69) is 12.6 Å². The molecule has 0 spiro atoms. The lowest BCUT2D eigenvalue weighted by molar-refractivity contribution is -0.241. The van der Waals surface area contributed by atoms with Gasteiger partial charge in [-0.25, -0.2) is 4.79 Å². The summed E-state index contributed by atoms with van der Waals surface area (Å²) in [6.45, 7) is 2.38. The molecule has 0 aromatic carbocycles. The number of hydrogen-bond donors (Lipinski definition) is 4. The van der Waals surface area contributed by atoms with Crippen LogP contribution in [-0.2, 0) is 14.2 Å². The fourth-order valence-electron chi connectivity index (χ4n) is 2.05. The summed E-state index contributed by atoms with van der Waals surface area (Å²) in [6.07, 6.45) is -4.29. The van der Waals surface area contributed by atoms with Gasteiger partial charge < -0.3 is 29.5 Å². The smallest absolute Gasteiger partial charge is 0.413 e. The standard InChI is InChI=1S/C13H25NO7S/c1-2-3-14(8-19-4-5-22)13(18)21-11-6-9(16)12(17)10(7-15)20-11/h9-12,15-17,22H,2-8H2,1H3/t9-,10-,11+,12-/m1/s1. The molecule has 0 aromatic heterocycles. The van der Waals surface area contributed by atoms with Crippen LogP contribution in [0.4, 0.5) is 4.79 Å². The molecule has 0 radical (unpaired) electrons. The van der Waals surface area contributed by atoms with E-state index in [9.17, 15) is 15.0 Å². The minimum absolute atomic E-state index is 0.0547.